The topological polar surface area (TPSA) is 46.5 Å². The van der Waals surface area contributed by atoms with Gasteiger partial charge in [0.15, 0.2) is 6.10 Å². The van der Waals surface area contributed by atoms with Crippen LogP contribution in [0, 0.1) is 0 Å². The number of rotatable bonds is 4. The Balaban J connectivity index is 2.67. The largest absolute Gasteiger partial charge is 0.489 e. The van der Waals surface area contributed by atoms with E-state index in [1.54, 1.807) is 0 Å². The quantitative estimate of drug-likeness (QED) is 0.869. The fourth-order valence-electron chi connectivity index (χ4n) is 0.971. The van der Waals surface area contributed by atoms with Gasteiger partial charge in [-0.05, 0) is 34.1 Å². The summed E-state index contributed by atoms with van der Waals surface area (Å²) in [5.74, 6) is 0.124. The van der Waals surface area contributed by atoms with E-state index in [4.69, 9.17) is 9.84 Å². The summed E-state index contributed by atoms with van der Waals surface area (Å²) in [6.07, 6.45) is -6.66. The third kappa shape index (κ3) is 4.01. The number of carbonyl (C=O) groups excluding carboxylic acids is 1. The normalized spacial score (nSPS) is 13.2. The minimum absolute atomic E-state index is 0.124. The molecule has 1 aromatic rings. The number of aliphatic hydroxyl groups excluding tert-OH is 1. The van der Waals surface area contributed by atoms with Crippen molar-refractivity contribution in [1.82, 2.24) is 0 Å². The predicted octanol–water partition coefficient (Wildman–Crippen LogP) is 2.56. The molecule has 0 aliphatic carbocycles. The van der Waals surface area contributed by atoms with Gasteiger partial charge in [0.25, 0.3) is 0 Å². The Morgan fingerprint density at radius 3 is 2.59 bits per heavy atom. The molecule has 3 nitrogen and oxygen atoms in total. The summed E-state index contributed by atoms with van der Waals surface area (Å²) in [4.78, 5) is 10.4. The number of carbonyl (C=O) groups is 1. The summed E-state index contributed by atoms with van der Waals surface area (Å²) in [7, 11) is 0. The molecule has 0 amide bonds. The molecule has 0 spiro atoms. The highest BCUT2D eigenvalue weighted by atomic mass is 79.9. The second-order valence-corrected chi connectivity index (χ2v) is 4.03. The zero-order valence-electron chi connectivity index (χ0n) is 8.37. The van der Waals surface area contributed by atoms with Gasteiger partial charge in [-0.15, -0.1) is 0 Å². The zero-order valence-corrected chi connectivity index (χ0v) is 9.96. The van der Waals surface area contributed by atoms with Crippen molar-refractivity contribution in [3.05, 3.63) is 28.2 Å². The van der Waals surface area contributed by atoms with Crippen molar-refractivity contribution >= 4 is 22.2 Å². The lowest BCUT2D eigenvalue weighted by Gasteiger charge is -2.15. The maximum atomic E-state index is 12.0. The number of hydrogen-bond acceptors (Lipinski definition) is 3. The summed E-state index contributed by atoms with van der Waals surface area (Å²) in [6.45, 7) is -0.900. The van der Waals surface area contributed by atoms with Gasteiger partial charge in [0, 0.05) is 5.56 Å². The van der Waals surface area contributed by atoms with Crippen molar-refractivity contribution < 1.29 is 27.8 Å². The average molecular weight is 313 g/mol. The first kappa shape index (κ1) is 14.0. The minimum Gasteiger partial charge on any atom is -0.489 e. The number of aldehydes is 1. The van der Waals surface area contributed by atoms with E-state index < -0.39 is 18.9 Å². The van der Waals surface area contributed by atoms with Crippen molar-refractivity contribution in [3.8, 4) is 5.75 Å². The molecule has 1 atom stereocenters. The Bertz CT molecular complexity index is 406. The summed E-state index contributed by atoms with van der Waals surface area (Å²) >= 11 is 3.04. The first-order chi connectivity index (χ1) is 7.84. The second-order valence-electron chi connectivity index (χ2n) is 3.18. The Hall–Kier alpha value is -1.08. The lowest BCUT2D eigenvalue weighted by Crippen LogP contribution is -2.34. The van der Waals surface area contributed by atoms with Gasteiger partial charge in [0.1, 0.15) is 18.6 Å². The fourth-order valence-corrected chi connectivity index (χ4v) is 1.48. The smallest absolute Gasteiger partial charge is 0.417 e. The molecule has 0 radical (unpaired) electrons. The SMILES string of the molecule is O=Cc1ccc(OCC(O)C(F)(F)F)c(Br)c1. The van der Waals surface area contributed by atoms with Crippen molar-refractivity contribution in [2.24, 2.45) is 0 Å². The molecule has 1 N–H and O–H groups in total. The highest BCUT2D eigenvalue weighted by Crippen LogP contribution is 2.27. The molecule has 1 rings (SSSR count). The van der Waals surface area contributed by atoms with Crippen LogP contribution in [0.5, 0.6) is 5.75 Å². The second kappa shape index (κ2) is 5.50. The highest BCUT2D eigenvalue weighted by molar-refractivity contribution is 9.10. The van der Waals surface area contributed by atoms with Gasteiger partial charge in [-0.3, -0.25) is 4.79 Å². The molecule has 7 heteroatoms. The van der Waals surface area contributed by atoms with E-state index in [1.165, 1.54) is 18.2 Å². The summed E-state index contributed by atoms with van der Waals surface area (Å²) < 4.78 is 41.1. The van der Waals surface area contributed by atoms with Gasteiger partial charge >= 0.3 is 6.18 Å². The highest BCUT2D eigenvalue weighted by Gasteiger charge is 2.38. The molecule has 94 valence electrons. The molecular formula is C10H8BrF3O3. The lowest BCUT2D eigenvalue weighted by molar-refractivity contribution is -0.210. The first-order valence-electron chi connectivity index (χ1n) is 4.47. The summed E-state index contributed by atoms with van der Waals surface area (Å²) in [5, 5.41) is 8.72. The van der Waals surface area contributed by atoms with Crippen LogP contribution in [-0.2, 0) is 0 Å². The third-order valence-corrected chi connectivity index (χ3v) is 2.49. The van der Waals surface area contributed by atoms with Gasteiger partial charge in [-0.25, -0.2) is 0 Å². The van der Waals surface area contributed by atoms with Crippen LogP contribution in [0.1, 0.15) is 10.4 Å². The van der Waals surface area contributed by atoms with E-state index >= 15 is 0 Å². The molecule has 0 aromatic heterocycles. The van der Waals surface area contributed by atoms with Crippen molar-refractivity contribution in [1.29, 1.82) is 0 Å². The minimum atomic E-state index is -4.71. The zero-order chi connectivity index (χ0) is 13.1. The maximum absolute atomic E-state index is 12.0. The molecule has 0 saturated carbocycles. The van der Waals surface area contributed by atoms with Crippen LogP contribution >= 0.6 is 15.9 Å². The number of ether oxygens (including phenoxy) is 1. The number of aliphatic hydroxyl groups is 1. The maximum Gasteiger partial charge on any atom is 0.417 e. The summed E-state index contributed by atoms with van der Waals surface area (Å²) in [5.41, 5.74) is 0.362. The molecule has 0 heterocycles. The van der Waals surface area contributed by atoms with Crippen LogP contribution in [0.3, 0.4) is 0 Å². The molecule has 17 heavy (non-hydrogen) atoms. The van der Waals surface area contributed by atoms with Crippen molar-refractivity contribution in [3.63, 3.8) is 0 Å². The third-order valence-electron chi connectivity index (χ3n) is 1.87. The standard InChI is InChI=1S/C10H8BrF3O3/c11-7-3-6(4-15)1-2-8(7)17-5-9(16)10(12,13)14/h1-4,9,16H,5H2. The molecule has 0 saturated heterocycles. The number of benzene rings is 1. The van der Waals surface area contributed by atoms with Gasteiger partial charge in [0.05, 0.1) is 4.47 Å². The van der Waals surface area contributed by atoms with E-state index in [0.717, 1.165) is 0 Å². The summed E-state index contributed by atoms with van der Waals surface area (Å²) in [6, 6.07) is 4.15. The molecule has 0 aliphatic rings. The van der Waals surface area contributed by atoms with E-state index in [0.29, 0.717) is 16.3 Å². The molecule has 0 bridgehead atoms. The Kier molecular flexibility index (Phi) is 4.53. The van der Waals surface area contributed by atoms with E-state index in [1.807, 2.05) is 0 Å². The van der Waals surface area contributed by atoms with E-state index in [2.05, 4.69) is 15.9 Å². The molecule has 1 aromatic carbocycles. The van der Waals surface area contributed by atoms with Crippen molar-refractivity contribution in [2.45, 2.75) is 12.3 Å². The van der Waals surface area contributed by atoms with Gasteiger partial charge in [-0.2, -0.15) is 13.2 Å². The molecule has 0 fully saturated rings. The molecule has 0 aliphatic heterocycles. The monoisotopic (exact) mass is 312 g/mol. The van der Waals surface area contributed by atoms with Crippen molar-refractivity contribution in [2.75, 3.05) is 6.61 Å². The number of alkyl halides is 3. The van der Waals surface area contributed by atoms with Crippen LogP contribution in [-0.4, -0.2) is 30.3 Å². The van der Waals surface area contributed by atoms with E-state index in [9.17, 15) is 18.0 Å². The fraction of sp³-hybridized carbons (Fsp3) is 0.300. The Morgan fingerprint density at radius 1 is 1.47 bits per heavy atom. The van der Waals surface area contributed by atoms with Crippen LogP contribution in [0.15, 0.2) is 22.7 Å². The van der Waals surface area contributed by atoms with Crippen LogP contribution in [0.25, 0.3) is 0 Å². The molecular weight excluding hydrogens is 305 g/mol. The number of halogens is 4. The van der Waals surface area contributed by atoms with Crippen LogP contribution in [0.4, 0.5) is 13.2 Å². The lowest BCUT2D eigenvalue weighted by atomic mass is 10.2. The van der Waals surface area contributed by atoms with Crippen LogP contribution < -0.4 is 4.74 Å². The molecule has 1 unspecified atom stereocenters. The average Bonchev–Trinajstić information content (AvgIpc) is 2.25. The predicted molar refractivity (Wildman–Crippen MR) is 57.1 cm³/mol. The van der Waals surface area contributed by atoms with Gasteiger partial charge in [0.2, 0.25) is 0 Å². The van der Waals surface area contributed by atoms with Gasteiger partial charge < -0.3 is 9.84 Å². The van der Waals surface area contributed by atoms with E-state index in [-0.39, 0.29) is 5.75 Å². The van der Waals surface area contributed by atoms with Gasteiger partial charge in [-0.1, -0.05) is 0 Å². The first-order valence-corrected chi connectivity index (χ1v) is 5.26. The Labute approximate surface area is 103 Å². The number of hydrogen-bond donors (Lipinski definition) is 1. The Morgan fingerprint density at radius 2 is 2.12 bits per heavy atom. The van der Waals surface area contributed by atoms with Crippen LogP contribution in [0.2, 0.25) is 0 Å².